The van der Waals surface area contributed by atoms with Crippen LogP contribution in [0.5, 0.6) is 0 Å². The van der Waals surface area contributed by atoms with Gasteiger partial charge in [0.15, 0.2) is 0 Å². The van der Waals surface area contributed by atoms with Crippen LogP contribution in [0.25, 0.3) is 0 Å². The number of carbonyl (C=O) groups excluding carboxylic acids is 1. The minimum Gasteiger partial charge on any atom is -0.350 e. The Morgan fingerprint density at radius 2 is 2.42 bits per heavy atom. The van der Waals surface area contributed by atoms with E-state index in [1.807, 2.05) is 0 Å². The molecule has 0 unspecified atom stereocenters. The highest BCUT2D eigenvalue weighted by molar-refractivity contribution is 5.72. The summed E-state index contributed by atoms with van der Waals surface area (Å²) in [6.45, 7) is 4.35. The predicted octanol–water partition coefficient (Wildman–Crippen LogP) is 1.47. The van der Waals surface area contributed by atoms with Crippen LogP contribution in [0.3, 0.4) is 0 Å². The summed E-state index contributed by atoms with van der Waals surface area (Å²) in [5.74, 6) is 0.713. The zero-order valence-electron chi connectivity index (χ0n) is 7.71. The van der Waals surface area contributed by atoms with E-state index in [1.54, 1.807) is 6.21 Å². The zero-order chi connectivity index (χ0) is 9.40. The average Bonchev–Trinajstić information content (AvgIpc) is 2.03. The molecule has 0 rings (SSSR count). The minimum absolute atomic E-state index is 0.616. The van der Waals surface area contributed by atoms with Crippen LogP contribution in [-0.2, 0) is 0 Å². The molecule has 3 N–H and O–H groups in total. The predicted molar refractivity (Wildman–Crippen MR) is 49.9 cm³/mol. The highest BCUT2D eigenvalue weighted by atomic mass is 16.2. The second-order valence-electron chi connectivity index (χ2n) is 2.88. The number of nitrogens with two attached hydrogens (primary N) is 1. The van der Waals surface area contributed by atoms with E-state index < -0.39 is 6.03 Å². The van der Waals surface area contributed by atoms with Gasteiger partial charge in [-0.3, -0.25) is 0 Å². The van der Waals surface area contributed by atoms with Crippen molar-refractivity contribution in [2.45, 2.75) is 33.1 Å². The Bertz CT molecular complexity index is 156. The second kappa shape index (κ2) is 6.64. The summed E-state index contributed by atoms with van der Waals surface area (Å²) in [4.78, 5) is 10.1. The molecule has 12 heavy (non-hydrogen) atoms. The SMILES string of the molecule is CC[C@@H](C)CC/C=N/NC(N)=O. The Hall–Kier alpha value is -1.06. The number of primary amides is 1. The third kappa shape index (κ3) is 7.05. The monoisotopic (exact) mass is 171 g/mol. The number of carbonyl (C=O) groups is 1. The van der Waals surface area contributed by atoms with Gasteiger partial charge in [-0.05, 0) is 18.8 Å². The summed E-state index contributed by atoms with van der Waals surface area (Å²) >= 11 is 0. The van der Waals surface area contributed by atoms with Crippen LogP contribution < -0.4 is 11.2 Å². The van der Waals surface area contributed by atoms with Crippen molar-refractivity contribution in [1.29, 1.82) is 0 Å². The highest BCUT2D eigenvalue weighted by Crippen LogP contribution is 2.07. The molecule has 4 nitrogen and oxygen atoms in total. The Morgan fingerprint density at radius 3 is 2.92 bits per heavy atom. The molecule has 0 heterocycles. The third-order valence-electron chi connectivity index (χ3n) is 1.75. The molecule has 0 saturated heterocycles. The van der Waals surface area contributed by atoms with Crippen LogP contribution in [-0.4, -0.2) is 12.2 Å². The number of urea groups is 1. The van der Waals surface area contributed by atoms with Crippen molar-refractivity contribution in [1.82, 2.24) is 5.43 Å². The molecule has 0 fully saturated rings. The number of hydrogen-bond acceptors (Lipinski definition) is 2. The molecule has 0 spiro atoms. The van der Waals surface area contributed by atoms with Crippen molar-refractivity contribution in [3.05, 3.63) is 0 Å². The maximum Gasteiger partial charge on any atom is 0.332 e. The van der Waals surface area contributed by atoms with Crippen molar-refractivity contribution in [2.75, 3.05) is 0 Å². The lowest BCUT2D eigenvalue weighted by Gasteiger charge is -2.03. The molecule has 0 aromatic rings. The van der Waals surface area contributed by atoms with Crippen molar-refractivity contribution in [3.8, 4) is 0 Å². The van der Waals surface area contributed by atoms with E-state index in [2.05, 4.69) is 24.4 Å². The molecule has 4 heteroatoms. The lowest BCUT2D eigenvalue weighted by Crippen LogP contribution is -2.24. The van der Waals surface area contributed by atoms with E-state index in [0.29, 0.717) is 5.92 Å². The number of rotatable bonds is 5. The van der Waals surface area contributed by atoms with Crippen LogP contribution in [0, 0.1) is 5.92 Å². The lowest BCUT2D eigenvalue weighted by molar-refractivity contribution is 0.249. The van der Waals surface area contributed by atoms with E-state index in [4.69, 9.17) is 5.73 Å². The van der Waals surface area contributed by atoms with Crippen LogP contribution in [0.1, 0.15) is 33.1 Å². The molecule has 2 amide bonds. The largest absolute Gasteiger partial charge is 0.350 e. The first-order valence-electron chi connectivity index (χ1n) is 4.23. The van der Waals surface area contributed by atoms with Crippen LogP contribution in [0.4, 0.5) is 4.79 Å². The van der Waals surface area contributed by atoms with E-state index in [1.165, 1.54) is 6.42 Å². The molecule has 0 radical (unpaired) electrons. The standard InChI is InChI=1S/C8H17N3O/c1-3-7(2)5-4-6-10-11-8(9)12/h6-7H,3-5H2,1-2H3,(H3,9,11,12)/b10-6+/t7-/m1/s1. The number of amides is 2. The van der Waals surface area contributed by atoms with E-state index >= 15 is 0 Å². The molecule has 1 atom stereocenters. The smallest absolute Gasteiger partial charge is 0.332 e. The van der Waals surface area contributed by atoms with E-state index in [9.17, 15) is 4.79 Å². The van der Waals surface area contributed by atoms with E-state index in [0.717, 1.165) is 12.8 Å². The molecule has 0 aliphatic rings. The number of hydrogen-bond donors (Lipinski definition) is 2. The normalized spacial score (nSPS) is 13.2. The van der Waals surface area contributed by atoms with Gasteiger partial charge in [-0.2, -0.15) is 5.10 Å². The first-order valence-corrected chi connectivity index (χ1v) is 4.23. The number of nitrogens with zero attached hydrogens (tertiary/aromatic N) is 1. The van der Waals surface area contributed by atoms with Crippen LogP contribution >= 0.6 is 0 Å². The second-order valence-corrected chi connectivity index (χ2v) is 2.88. The maximum absolute atomic E-state index is 10.1. The van der Waals surface area contributed by atoms with Gasteiger partial charge in [-0.1, -0.05) is 20.3 Å². The molecule has 0 aliphatic carbocycles. The van der Waals surface area contributed by atoms with Crippen molar-refractivity contribution in [2.24, 2.45) is 16.8 Å². The lowest BCUT2D eigenvalue weighted by atomic mass is 10.0. The van der Waals surface area contributed by atoms with Gasteiger partial charge >= 0.3 is 6.03 Å². The molecular formula is C8H17N3O. The Kier molecular flexibility index (Phi) is 6.05. The molecule has 0 aromatic heterocycles. The first-order chi connectivity index (χ1) is 5.66. The van der Waals surface area contributed by atoms with Crippen molar-refractivity contribution in [3.63, 3.8) is 0 Å². The average molecular weight is 171 g/mol. The molecule has 70 valence electrons. The van der Waals surface area contributed by atoms with Gasteiger partial charge < -0.3 is 5.73 Å². The van der Waals surface area contributed by atoms with Gasteiger partial charge in [0.2, 0.25) is 0 Å². The van der Waals surface area contributed by atoms with Gasteiger partial charge in [0.05, 0.1) is 0 Å². The fourth-order valence-electron chi connectivity index (χ4n) is 0.737. The van der Waals surface area contributed by atoms with Crippen molar-refractivity contribution >= 4 is 12.2 Å². The molecule has 0 aliphatic heterocycles. The van der Waals surface area contributed by atoms with Crippen LogP contribution in [0.2, 0.25) is 0 Å². The molecular weight excluding hydrogens is 154 g/mol. The Balaban J connectivity index is 3.30. The minimum atomic E-state index is -0.616. The summed E-state index contributed by atoms with van der Waals surface area (Å²) in [6.07, 6.45) is 4.84. The highest BCUT2D eigenvalue weighted by Gasteiger charge is 1.95. The van der Waals surface area contributed by atoms with Gasteiger partial charge in [0.1, 0.15) is 0 Å². The summed E-state index contributed by atoms with van der Waals surface area (Å²) in [5, 5.41) is 3.63. The van der Waals surface area contributed by atoms with Gasteiger partial charge in [0.25, 0.3) is 0 Å². The summed E-state index contributed by atoms with van der Waals surface area (Å²) < 4.78 is 0. The number of hydrazone groups is 1. The molecule has 0 bridgehead atoms. The first kappa shape index (κ1) is 10.9. The Labute approximate surface area is 73.2 Å². The zero-order valence-corrected chi connectivity index (χ0v) is 7.71. The summed E-state index contributed by atoms with van der Waals surface area (Å²) in [7, 11) is 0. The fourth-order valence-corrected chi connectivity index (χ4v) is 0.737. The fraction of sp³-hybridized carbons (Fsp3) is 0.750. The van der Waals surface area contributed by atoms with Gasteiger partial charge in [-0.15, -0.1) is 0 Å². The van der Waals surface area contributed by atoms with Crippen LogP contribution in [0.15, 0.2) is 5.10 Å². The Morgan fingerprint density at radius 1 is 1.75 bits per heavy atom. The van der Waals surface area contributed by atoms with Crippen molar-refractivity contribution < 1.29 is 4.79 Å². The third-order valence-corrected chi connectivity index (χ3v) is 1.75. The summed E-state index contributed by atoms with van der Waals surface area (Å²) in [6, 6.07) is -0.616. The summed E-state index contributed by atoms with van der Waals surface area (Å²) in [5.41, 5.74) is 6.94. The molecule has 0 saturated carbocycles. The number of nitrogens with one attached hydrogen (secondary N) is 1. The molecule has 0 aromatic carbocycles. The topological polar surface area (TPSA) is 67.5 Å². The maximum atomic E-state index is 10.1. The quantitative estimate of drug-likeness (QED) is 0.477. The van der Waals surface area contributed by atoms with Gasteiger partial charge in [-0.25, -0.2) is 10.2 Å². The van der Waals surface area contributed by atoms with Gasteiger partial charge in [0, 0.05) is 6.21 Å². The van der Waals surface area contributed by atoms with E-state index in [-0.39, 0.29) is 0 Å².